The standard InChI is InChI=1S/C18H21NO.H2/c1-3-5-15-6-4-7-16(11-10-15)18(20)19-17-12-8-14(2)9-13-17;/h6-13H,3-5H2,1-2H3,(H,19,20);1H. The molecule has 1 aromatic rings. The molecule has 0 fully saturated rings. The van der Waals surface area contributed by atoms with Crippen LogP contribution in [0.1, 0.15) is 33.2 Å². The summed E-state index contributed by atoms with van der Waals surface area (Å²) < 4.78 is 0. The van der Waals surface area contributed by atoms with Crippen molar-refractivity contribution >= 4 is 11.6 Å². The summed E-state index contributed by atoms with van der Waals surface area (Å²) in [6.07, 6.45) is 11.1. The summed E-state index contributed by atoms with van der Waals surface area (Å²) in [4.78, 5) is 12.2. The summed E-state index contributed by atoms with van der Waals surface area (Å²) in [5.41, 5.74) is 4.06. The van der Waals surface area contributed by atoms with E-state index in [9.17, 15) is 4.79 Å². The van der Waals surface area contributed by atoms with Gasteiger partial charge >= 0.3 is 0 Å². The maximum absolute atomic E-state index is 12.2. The van der Waals surface area contributed by atoms with Crippen molar-refractivity contribution in [2.45, 2.75) is 33.1 Å². The van der Waals surface area contributed by atoms with Crippen LogP contribution >= 0.6 is 0 Å². The molecule has 1 aliphatic carbocycles. The van der Waals surface area contributed by atoms with E-state index in [2.05, 4.69) is 24.4 Å². The minimum Gasteiger partial charge on any atom is -0.322 e. The Morgan fingerprint density at radius 2 is 1.95 bits per heavy atom. The zero-order valence-corrected chi connectivity index (χ0v) is 12.1. The second-order valence-corrected chi connectivity index (χ2v) is 5.08. The van der Waals surface area contributed by atoms with Gasteiger partial charge in [0, 0.05) is 12.7 Å². The first kappa shape index (κ1) is 14.3. The minimum atomic E-state index is -0.0451. The van der Waals surface area contributed by atoms with E-state index in [1.54, 1.807) is 0 Å². The van der Waals surface area contributed by atoms with Crippen molar-refractivity contribution in [2.75, 3.05) is 5.32 Å². The molecule has 2 rings (SSSR count). The number of carbonyl (C=O) groups is 1. The molecular weight excluding hydrogens is 246 g/mol. The molecule has 0 saturated carbocycles. The molecule has 0 saturated heterocycles. The topological polar surface area (TPSA) is 29.1 Å². The lowest BCUT2D eigenvalue weighted by Gasteiger charge is -2.06. The molecule has 0 spiro atoms. The van der Waals surface area contributed by atoms with E-state index in [0.29, 0.717) is 0 Å². The highest BCUT2D eigenvalue weighted by Gasteiger charge is 2.08. The van der Waals surface area contributed by atoms with Crippen molar-refractivity contribution in [1.29, 1.82) is 0 Å². The van der Waals surface area contributed by atoms with Gasteiger partial charge in [-0.3, -0.25) is 4.79 Å². The van der Waals surface area contributed by atoms with Crippen LogP contribution in [-0.4, -0.2) is 5.91 Å². The SMILES string of the molecule is CCCC1=CCC=C(C(=O)Nc2ccc(C)cc2)C=C1.[HH]. The van der Waals surface area contributed by atoms with Gasteiger partial charge in [0.15, 0.2) is 0 Å². The molecule has 1 aromatic carbocycles. The predicted molar refractivity (Wildman–Crippen MR) is 86.8 cm³/mol. The molecule has 2 nitrogen and oxygen atoms in total. The molecule has 0 aliphatic heterocycles. The Morgan fingerprint density at radius 1 is 1.20 bits per heavy atom. The molecule has 0 aromatic heterocycles. The monoisotopic (exact) mass is 269 g/mol. The Morgan fingerprint density at radius 3 is 2.65 bits per heavy atom. The van der Waals surface area contributed by atoms with Crippen LogP contribution in [0.2, 0.25) is 0 Å². The Bertz CT molecular complexity index is 567. The van der Waals surface area contributed by atoms with E-state index in [-0.39, 0.29) is 7.33 Å². The predicted octanol–water partition coefficient (Wildman–Crippen LogP) is 4.79. The number of nitrogens with one attached hydrogen (secondary N) is 1. The molecule has 0 unspecified atom stereocenters. The van der Waals surface area contributed by atoms with E-state index < -0.39 is 0 Å². The Hall–Kier alpha value is -2.09. The summed E-state index contributed by atoms with van der Waals surface area (Å²) in [6, 6.07) is 7.84. The summed E-state index contributed by atoms with van der Waals surface area (Å²) in [7, 11) is 0. The van der Waals surface area contributed by atoms with Crippen LogP contribution in [0.25, 0.3) is 0 Å². The van der Waals surface area contributed by atoms with Gasteiger partial charge in [-0.2, -0.15) is 0 Å². The van der Waals surface area contributed by atoms with Gasteiger partial charge in [-0.25, -0.2) is 0 Å². The van der Waals surface area contributed by atoms with Crippen molar-refractivity contribution in [3.63, 3.8) is 0 Å². The lowest BCUT2D eigenvalue weighted by atomic mass is 10.1. The number of carbonyl (C=O) groups excluding carboxylic acids is 1. The lowest BCUT2D eigenvalue weighted by Crippen LogP contribution is -2.13. The highest BCUT2D eigenvalue weighted by Crippen LogP contribution is 2.16. The van der Waals surface area contributed by atoms with Crippen molar-refractivity contribution in [1.82, 2.24) is 0 Å². The highest BCUT2D eigenvalue weighted by molar-refractivity contribution is 6.05. The Balaban J connectivity index is 0.00000220. The molecule has 2 heteroatoms. The zero-order chi connectivity index (χ0) is 14.4. The van der Waals surface area contributed by atoms with E-state index in [4.69, 9.17) is 0 Å². The van der Waals surface area contributed by atoms with Crippen molar-refractivity contribution < 1.29 is 6.22 Å². The quantitative estimate of drug-likeness (QED) is 0.836. The number of hydrogen-bond donors (Lipinski definition) is 1. The number of benzene rings is 1. The van der Waals surface area contributed by atoms with Crippen LogP contribution in [-0.2, 0) is 4.79 Å². The maximum Gasteiger partial charge on any atom is 0.255 e. The van der Waals surface area contributed by atoms with Crippen molar-refractivity contribution in [3.05, 3.63) is 65.3 Å². The van der Waals surface area contributed by atoms with E-state index >= 15 is 0 Å². The molecule has 0 radical (unpaired) electrons. The largest absolute Gasteiger partial charge is 0.322 e. The van der Waals surface area contributed by atoms with E-state index in [1.165, 1.54) is 11.1 Å². The van der Waals surface area contributed by atoms with Gasteiger partial charge in [0.1, 0.15) is 0 Å². The first-order valence-corrected chi connectivity index (χ1v) is 7.14. The van der Waals surface area contributed by atoms with Crippen LogP contribution in [0.15, 0.2) is 59.7 Å². The van der Waals surface area contributed by atoms with E-state index in [1.807, 2.05) is 43.3 Å². The second kappa shape index (κ2) is 6.90. The summed E-state index contributed by atoms with van der Waals surface area (Å²) in [6.45, 7) is 4.20. The first-order valence-electron chi connectivity index (χ1n) is 7.14. The minimum absolute atomic E-state index is 0. The third kappa shape index (κ3) is 3.95. The molecule has 106 valence electrons. The summed E-state index contributed by atoms with van der Waals surface area (Å²) >= 11 is 0. The molecule has 20 heavy (non-hydrogen) atoms. The van der Waals surface area contributed by atoms with Crippen LogP contribution in [0, 0.1) is 6.92 Å². The number of rotatable bonds is 4. The third-order valence-electron chi connectivity index (χ3n) is 3.31. The Labute approximate surface area is 122 Å². The fourth-order valence-electron chi connectivity index (χ4n) is 2.15. The van der Waals surface area contributed by atoms with Gasteiger partial charge in [-0.05, 0) is 38.0 Å². The van der Waals surface area contributed by atoms with Gasteiger partial charge < -0.3 is 5.32 Å². The van der Waals surface area contributed by atoms with Gasteiger partial charge in [-0.1, -0.05) is 54.8 Å². The first-order chi connectivity index (χ1) is 9.69. The highest BCUT2D eigenvalue weighted by atomic mass is 16.1. The fourth-order valence-corrected chi connectivity index (χ4v) is 2.15. The zero-order valence-electron chi connectivity index (χ0n) is 12.1. The van der Waals surface area contributed by atoms with Crippen LogP contribution in [0.5, 0.6) is 0 Å². The van der Waals surface area contributed by atoms with Crippen molar-refractivity contribution in [3.8, 4) is 0 Å². The van der Waals surface area contributed by atoms with Crippen LogP contribution in [0.3, 0.4) is 0 Å². The molecule has 0 heterocycles. The molecule has 0 atom stereocenters. The van der Waals surface area contributed by atoms with Crippen LogP contribution < -0.4 is 5.32 Å². The smallest absolute Gasteiger partial charge is 0.255 e. The average Bonchev–Trinajstić information content (AvgIpc) is 2.67. The molecule has 1 aliphatic rings. The van der Waals surface area contributed by atoms with Gasteiger partial charge in [0.25, 0.3) is 5.91 Å². The molecule has 1 amide bonds. The van der Waals surface area contributed by atoms with Crippen molar-refractivity contribution in [2.24, 2.45) is 0 Å². The lowest BCUT2D eigenvalue weighted by molar-refractivity contribution is -0.112. The molecule has 1 N–H and O–H groups in total. The summed E-state index contributed by atoms with van der Waals surface area (Å²) in [5.74, 6) is -0.0451. The fraction of sp³-hybridized carbons (Fsp3) is 0.278. The average molecular weight is 269 g/mol. The van der Waals surface area contributed by atoms with Crippen LogP contribution in [0.4, 0.5) is 5.69 Å². The third-order valence-corrected chi connectivity index (χ3v) is 3.31. The normalized spacial score (nSPS) is 14.3. The second-order valence-electron chi connectivity index (χ2n) is 5.08. The number of anilines is 1. The molecular formula is C18H23NO. The number of amides is 1. The van der Waals surface area contributed by atoms with Gasteiger partial charge in [0.05, 0.1) is 0 Å². The number of aryl methyl sites for hydroxylation is 1. The summed E-state index contributed by atoms with van der Waals surface area (Å²) in [5, 5.41) is 2.93. The Kier molecular flexibility index (Phi) is 4.94. The maximum atomic E-state index is 12.2. The molecule has 0 bridgehead atoms. The number of allylic oxidation sites excluding steroid dienone is 4. The van der Waals surface area contributed by atoms with E-state index in [0.717, 1.165) is 30.5 Å². The van der Waals surface area contributed by atoms with Gasteiger partial charge in [-0.15, -0.1) is 0 Å². The van der Waals surface area contributed by atoms with Gasteiger partial charge in [0.2, 0.25) is 0 Å². The number of hydrogen-bond acceptors (Lipinski definition) is 1.